The minimum atomic E-state index is -0.338. The highest BCUT2D eigenvalue weighted by Crippen LogP contribution is 2.34. The van der Waals surface area contributed by atoms with E-state index in [4.69, 9.17) is 0 Å². The first kappa shape index (κ1) is 16.5. The molecule has 0 atom stereocenters. The van der Waals surface area contributed by atoms with Gasteiger partial charge in [0.2, 0.25) is 0 Å². The van der Waals surface area contributed by atoms with Gasteiger partial charge in [-0.1, -0.05) is 15.9 Å². The summed E-state index contributed by atoms with van der Waals surface area (Å²) in [5.74, 6) is 0. The van der Waals surface area contributed by atoms with E-state index in [1.54, 1.807) is 13.2 Å². The molecule has 0 spiro atoms. The number of hydrogen-bond acceptors (Lipinski definition) is 3. The molecule has 0 aliphatic heterocycles. The molecule has 8 heteroatoms. The smallest absolute Gasteiger partial charge is 0.330 e. The van der Waals surface area contributed by atoms with Gasteiger partial charge < -0.3 is 9.88 Å². The van der Waals surface area contributed by atoms with Gasteiger partial charge in [-0.05, 0) is 44.0 Å². The second-order valence-electron chi connectivity index (χ2n) is 4.51. The quantitative estimate of drug-likeness (QED) is 0.733. The van der Waals surface area contributed by atoms with Crippen molar-refractivity contribution in [3.63, 3.8) is 0 Å². The van der Waals surface area contributed by atoms with Gasteiger partial charge in [-0.15, -0.1) is 0 Å². The van der Waals surface area contributed by atoms with Gasteiger partial charge in [-0.2, -0.15) is 0 Å². The highest BCUT2D eigenvalue weighted by Gasteiger charge is 2.10. The Morgan fingerprint density at radius 3 is 2.24 bits per heavy atom. The van der Waals surface area contributed by atoms with Gasteiger partial charge in [0.1, 0.15) is 0 Å². The van der Waals surface area contributed by atoms with Crippen LogP contribution in [0.5, 0.6) is 0 Å². The van der Waals surface area contributed by atoms with Crippen LogP contribution >= 0.6 is 47.8 Å². The Morgan fingerprint density at radius 2 is 1.67 bits per heavy atom. The number of rotatable bonds is 3. The minimum Gasteiger partial charge on any atom is -0.379 e. The molecule has 1 heterocycles. The Morgan fingerprint density at radius 1 is 1.10 bits per heavy atom. The molecule has 0 saturated carbocycles. The second kappa shape index (κ2) is 6.50. The average Bonchev–Trinajstić information content (AvgIpc) is 2.40. The number of halogens is 3. The Hall–Kier alpha value is -0.860. The molecule has 112 valence electrons. The third-order valence-electron chi connectivity index (χ3n) is 2.98. The van der Waals surface area contributed by atoms with Gasteiger partial charge in [0.25, 0.3) is 5.56 Å². The maximum atomic E-state index is 12.1. The fourth-order valence-corrected chi connectivity index (χ4v) is 4.44. The zero-order chi connectivity index (χ0) is 15.7. The fourth-order valence-electron chi connectivity index (χ4n) is 1.90. The molecular weight excluding hydrogens is 470 g/mol. The van der Waals surface area contributed by atoms with Crippen molar-refractivity contribution in [1.29, 1.82) is 0 Å². The van der Waals surface area contributed by atoms with Gasteiger partial charge in [-0.25, -0.2) is 4.79 Å². The fraction of sp³-hybridized carbons (Fsp3) is 0.231. The van der Waals surface area contributed by atoms with Crippen molar-refractivity contribution < 1.29 is 0 Å². The molecule has 21 heavy (non-hydrogen) atoms. The van der Waals surface area contributed by atoms with Crippen LogP contribution in [0.2, 0.25) is 0 Å². The van der Waals surface area contributed by atoms with E-state index in [1.165, 1.54) is 11.6 Å². The molecule has 0 radical (unpaired) electrons. The Kier molecular flexibility index (Phi) is 5.11. The molecule has 0 aliphatic rings. The molecule has 0 bridgehead atoms. The van der Waals surface area contributed by atoms with E-state index in [2.05, 4.69) is 53.1 Å². The maximum Gasteiger partial charge on any atom is 0.330 e. The van der Waals surface area contributed by atoms with Gasteiger partial charge >= 0.3 is 5.69 Å². The van der Waals surface area contributed by atoms with E-state index in [0.29, 0.717) is 12.1 Å². The molecule has 2 rings (SSSR count). The summed E-state index contributed by atoms with van der Waals surface area (Å²) < 4.78 is 5.16. The monoisotopic (exact) mass is 479 g/mol. The Labute approximate surface area is 146 Å². The van der Waals surface area contributed by atoms with Crippen molar-refractivity contribution in [3.05, 3.63) is 58.1 Å². The summed E-state index contributed by atoms with van der Waals surface area (Å²) in [5.41, 5.74) is 0.722. The molecule has 0 fully saturated rings. The number of nitrogens with one attached hydrogen (secondary N) is 1. The zero-order valence-electron chi connectivity index (χ0n) is 11.3. The molecule has 0 unspecified atom stereocenters. The largest absolute Gasteiger partial charge is 0.379 e. The number of aromatic nitrogens is 2. The molecule has 0 amide bonds. The molecule has 0 saturated heterocycles. The second-order valence-corrected chi connectivity index (χ2v) is 7.13. The molecule has 1 N–H and O–H groups in total. The highest BCUT2D eigenvalue weighted by atomic mass is 79.9. The molecule has 0 aliphatic carbocycles. The van der Waals surface area contributed by atoms with E-state index < -0.39 is 0 Å². The van der Waals surface area contributed by atoms with Crippen molar-refractivity contribution >= 4 is 53.5 Å². The standard InChI is InChI=1S/C13H12Br3N3O2/c1-18-6-7(12(20)19(2)13(18)21)5-17-11-9(15)3-8(14)4-10(11)16/h3-4,6,17H,5H2,1-2H3. The van der Waals surface area contributed by atoms with Crippen molar-refractivity contribution in [2.75, 3.05) is 5.32 Å². The summed E-state index contributed by atoms with van der Waals surface area (Å²) in [7, 11) is 3.09. The van der Waals surface area contributed by atoms with Crippen LogP contribution in [0.25, 0.3) is 0 Å². The van der Waals surface area contributed by atoms with Crippen LogP contribution in [-0.2, 0) is 20.6 Å². The lowest BCUT2D eigenvalue weighted by Gasteiger charge is -2.12. The Bertz CT molecular complexity index is 788. The molecule has 5 nitrogen and oxygen atoms in total. The predicted molar refractivity (Wildman–Crippen MR) is 93.8 cm³/mol. The lowest BCUT2D eigenvalue weighted by molar-refractivity contribution is 0.671. The van der Waals surface area contributed by atoms with Crippen LogP contribution in [0.1, 0.15) is 5.56 Å². The predicted octanol–water partition coefficient (Wildman–Crippen LogP) is 2.98. The van der Waals surface area contributed by atoms with Crippen LogP contribution in [0.15, 0.2) is 41.3 Å². The average molecular weight is 482 g/mol. The molecule has 1 aromatic carbocycles. The molecular formula is C13H12Br3N3O2. The highest BCUT2D eigenvalue weighted by molar-refractivity contribution is 9.11. The number of benzene rings is 1. The first-order valence-electron chi connectivity index (χ1n) is 5.95. The van der Waals surface area contributed by atoms with Gasteiger partial charge in [0, 0.05) is 40.3 Å². The lowest BCUT2D eigenvalue weighted by atomic mass is 10.3. The van der Waals surface area contributed by atoms with Crippen LogP contribution in [0.4, 0.5) is 5.69 Å². The van der Waals surface area contributed by atoms with Crippen LogP contribution < -0.4 is 16.6 Å². The van der Waals surface area contributed by atoms with Crippen LogP contribution in [0.3, 0.4) is 0 Å². The van der Waals surface area contributed by atoms with E-state index in [9.17, 15) is 9.59 Å². The van der Waals surface area contributed by atoms with E-state index >= 15 is 0 Å². The van der Waals surface area contributed by atoms with Gasteiger partial charge in [-0.3, -0.25) is 9.36 Å². The van der Waals surface area contributed by atoms with Crippen molar-refractivity contribution in [1.82, 2.24) is 9.13 Å². The van der Waals surface area contributed by atoms with Gasteiger partial charge in [0.15, 0.2) is 0 Å². The first-order chi connectivity index (χ1) is 9.81. The molecule has 2 aromatic rings. The summed E-state index contributed by atoms with van der Waals surface area (Å²) in [6, 6.07) is 3.82. The third-order valence-corrected chi connectivity index (χ3v) is 4.69. The number of anilines is 1. The van der Waals surface area contributed by atoms with Gasteiger partial charge in [0.05, 0.1) is 11.3 Å². The third kappa shape index (κ3) is 3.49. The maximum absolute atomic E-state index is 12.1. The molecule has 1 aromatic heterocycles. The SMILES string of the molecule is Cn1cc(CNc2c(Br)cc(Br)cc2Br)c(=O)n(C)c1=O. The van der Waals surface area contributed by atoms with E-state index in [-0.39, 0.29) is 11.2 Å². The van der Waals surface area contributed by atoms with Crippen molar-refractivity contribution in [2.45, 2.75) is 6.54 Å². The summed E-state index contributed by atoms with van der Waals surface area (Å²) >= 11 is 10.3. The summed E-state index contributed by atoms with van der Waals surface area (Å²) in [6.07, 6.45) is 1.55. The van der Waals surface area contributed by atoms with Crippen LogP contribution in [-0.4, -0.2) is 9.13 Å². The summed E-state index contributed by atoms with van der Waals surface area (Å²) in [5, 5.41) is 3.20. The van der Waals surface area contributed by atoms with Crippen molar-refractivity contribution in [3.8, 4) is 0 Å². The van der Waals surface area contributed by atoms with E-state index in [0.717, 1.165) is 23.7 Å². The zero-order valence-corrected chi connectivity index (χ0v) is 16.0. The van der Waals surface area contributed by atoms with Crippen LogP contribution in [0, 0.1) is 0 Å². The normalized spacial score (nSPS) is 10.7. The lowest BCUT2D eigenvalue weighted by Crippen LogP contribution is -2.38. The number of nitrogens with zero attached hydrogens (tertiary/aromatic N) is 2. The summed E-state index contributed by atoms with van der Waals surface area (Å²) in [4.78, 5) is 23.7. The Balaban J connectivity index is 2.34. The number of hydrogen-bond donors (Lipinski definition) is 1. The summed E-state index contributed by atoms with van der Waals surface area (Å²) in [6.45, 7) is 0.319. The minimum absolute atomic E-state index is 0.296. The topological polar surface area (TPSA) is 56.0 Å². The van der Waals surface area contributed by atoms with E-state index in [1.807, 2.05) is 12.1 Å². The van der Waals surface area contributed by atoms with Crippen molar-refractivity contribution in [2.24, 2.45) is 14.1 Å². The number of aryl methyl sites for hydroxylation is 1. The first-order valence-corrected chi connectivity index (χ1v) is 8.33.